The van der Waals surface area contributed by atoms with Gasteiger partial charge < -0.3 is 24.2 Å². The molecule has 0 saturated carbocycles. The largest absolute Gasteiger partial charge is 0.507 e. The van der Waals surface area contributed by atoms with Crippen molar-refractivity contribution >= 4 is 17.4 Å². The number of likely N-dealkylation sites (tertiary alicyclic amines) is 1. The van der Waals surface area contributed by atoms with E-state index in [9.17, 15) is 14.7 Å². The predicted octanol–water partition coefficient (Wildman–Crippen LogP) is 4.02. The van der Waals surface area contributed by atoms with E-state index >= 15 is 0 Å². The first-order valence-electron chi connectivity index (χ1n) is 13.1. The van der Waals surface area contributed by atoms with E-state index in [-0.39, 0.29) is 11.3 Å². The summed E-state index contributed by atoms with van der Waals surface area (Å²) in [4.78, 5) is 30.4. The Morgan fingerprint density at radius 2 is 1.76 bits per heavy atom. The molecule has 2 aliphatic heterocycles. The van der Waals surface area contributed by atoms with Crippen molar-refractivity contribution in [3.8, 4) is 11.5 Å². The number of Topliss-reactive ketones (excluding diaryl/α,β-unsaturated/α-hetero) is 1. The van der Waals surface area contributed by atoms with Gasteiger partial charge in [0.2, 0.25) is 0 Å². The quantitative estimate of drug-likeness (QED) is 0.279. The number of ether oxygens (including phenoxy) is 3. The summed E-state index contributed by atoms with van der Waals surface area (Å²) in [5.41, 5.74) is 1.27. The number of rotatable bonds is 11. The summed E-state index contributed by atoms with van der Waals surface area (Å²) >= 11 is 0. The summed E-state index contributed by atoms with van der Waals surface area (Å²) in [7, 11) is 0. The highest BCUT2D eigenvalue weighted by atomic mass is 16.5. The van der Waals surface area contributed by atoms with Crippen LogP contribution in [0.25, 0.3) is 5.76 Å². The molecule has 0 aliphatic carbocycles. The number of aliphatic hydroxyl groups is 1. The average molecular weight is 509 g/mol. The number of aliphatic hydroxyl groups excluding tert-OH is 1. The molecule has 0 bridgehead atoms. The van der Waals surface area contributed by atoms with Crippen LogP contribution in [0.2, 0.25) is 0 Å². The minimum absolute atomic E-state index is 0.0900. The molecule has 1 atom stereocenters. The van der Waals surface area contributed by atoms with Gasteiger partial charge in [0.05, 0.1) is 38.0 Å². The minimum Gasteiger partial charge on any atom is -0.507 e. The Balaban J connectivity index is 1.66. The number of hydrogen-bond acceptors (Lipinski definition) is 7. The van der Waals surface area contributed by atoms with E-state index in [1.54, 1.807) is 29.2 Å². The molecule has 2 saturated heterocycles. The molecular weight excluding hydrogens is 472 g/mol. The van der Waals surface area contributed by atoms with Crippen molar-refractivity contribution in [2.75, 3.05) is 52.6 Å². The predicted molar refractivity (Wildman–Crippen MR) is 141 cm³/mol. The molecule has 37 heavy (non-hydrogen) atoms. The van der Waals surface area contributed by atoms with E-state index < -0.39 is 17.7 Å². The van der Waals surface area contributed by atoms with E-state index in [1.165, 1.54) is 0 Å². The molecule has 8 heteroatoms. The second-order valence-corrected chi connectivity index (χ2v) is 9.18. The van der Waals surface area contributed by atoms with Gasteiger partial charge in [-0.05, 0) is 61.7 Å². The Kier molecular flexibility index (Phi) is 9.19. The molecule has 0 aromatic heterocycles. The van der Waals surface area contributed by atoms with Gasteiger partial charge >= 0.3 is 0 Å². The molecule has 8 nitrogen and oxygen atoms in total. The number of benzene rings is 2. The van der Waals surface area contributed by atoms with Crippen LogP contribution in [0.3, 0.4) is 0 Å². The zero-order valence-electron chi connectivity index (χ0n) is 21.7. The molecule has 198 valence electrons. The average Bonchev–Trinajstić information content (AvgIpc) is 3.18. The first kappa shape index (κ1) is 26.7. The molecule has 1 N–H and O–H groups in total. The van der Waals surface area contributed by atoms with Crippen LogP contribution in [0.4, 0.5) is 0 Å². The summed E-state index contributed by atoms with van der Waals surface area (Å²) in [5, 5.41) is 11.3. The molecule has 2 fully saturated rings. The molecule has 0 radical (unpaired) electrons. The minimum atomic E-state index is -0.707. The van der Waals surface area contributed by atoms with Gasteiger partial charge in [-0.3, -0.25) is 14.5 Å². The fourth-order valence-corrected chi connectivity index (χ4v) is 4.77. The van der Waals surface area contributed by atoms with Gasteiger partial charge in [0.25, 0.3) is 11.7 Å². The fourth-order valence-electron chi connectivity index (χ4n) is 4.77. The van der Waals surface area contributed by atoms with Crippen molar-refractivity contribution in [1.82, 2.24) is 9.80 Å². The highest BCUT2D eigenvalue weighted by Gasteiger charge is 2.46. The number of morpholine rings is 1. The topological polar surface area (TPSA) is 88.5 Å². The molecule has 0 spiro atoms. The number of ketones is 1. The Morgan fingerprint density at radius 1 is 1.00 bits per heavy atom. The number of carbonyl (C=O) groups excluding carboxylic acids is 2. The van der Waals surface area contributed by atoms with Crippen molar-refractivity contribution in [2.24, 2.45) is 0 Å². The maximum Gasteiger partial charge on any atom is 0.295 e. The Hall–Kier alpha value is -3.36. The van der Waals surface area contributed by atoms with Crippen molar-refractivity contribution in [2.45, 2.75) is 32.7 Å². The van der Waals surface area contributed by atoms with Gasteiger partial charge in [-0.1, -0.05) is 19.1 Å². The molecule has 2 aromatic carbocycles. The maximum absolute atomic E-state index is 13.3. The summed E-state index contributed by atoms with van der Waals surface area (Å²) < 4.78 is 16.7. The first-order valence-corrected chi connectivity index (χ1v) is 13.1. The second-order valence-electron chi connectivity index (χ2n) is 9.18. The molecule has 2 heterocycles. The van der Waals surface area contributed by atoms with Crippen molar-refractivity contribution in [1.29, 1.82) is 0 Å². The number of carbonyl (C=O) groups is 2. The van der Waals surface area contributed by atoms with Crippen LogP contribution in [0, 0.1) is 0 Å². The lowest BCUT2D eigenvalue weighted by molar-refractivity contribution is -0.140. The molecule has 2 aromatic rings. The van der Waals surface area contributed by atoms with Gasteiger partial charge in [0.1, 0.15) is 17.3 Å². The Bertz CT molecular complexity index is 1110. The molecule has 4 rings (SSSR count). The monoisotopic (exact) mass is 508 g/mol. The van der Waals surface area contributed by atoms with Crippen LogP contribution >= 0.6 is 0 Å². The van der Waals surface area contributed by atoms with Crippen molar-refractivity contribution in [3.63, 3.8) is 0 Å². The zero-order valence-corrected chi connectivity index (χ0v) is 21.7. The number of hydrogen-bond donors (Lipinski definition) is 1. The molecule has 1 amide bonds. The van der Waals surface area contributed by atoms with Crippen molar-refractivity contribution < 1.29 is 28.9 Å². The van der Waals surface area contributed by atoms with E-state index in [0.29, 0.717) is 56.5 Å². The van der Waals surface area contributed by atoms with E-state index in [0.717, 1.165) is 31.6 Å². The second kappa shape index (κ2) is 12.7. The zero-order chi connectivity index (χ0) is 26.2. The van der Waals surface area contributed by atoms with E-state index in [1.807, 2.05) is 38.1 Å². The standard InChI is InChI=1S/C29H36N2O6/c1-3-17-37-23-11-9-21(10-12-23)27(32)25-26(22-7-5-8-24(20-22)36-4-2)31(29(34)28(25)33)14-6-13-30-15-18-35-19-16-30/h5,7-12,20,26,32H,3-4,6,13-19H2,1-2H3. The van der Waals surface area contributed by atoms with Gasteiger partial charge in [-0.15, -0.1) is 0 Å². The van der Waals surface area contributed by atoms with Crippen LogP contribution in [0.15, 0.2) is 54.1 Å². The third-order valence-electron chi connectivity index (χ3n) is 6.60. The summed E-state index contributed by atoms with van der Waals surface area (Å²) in [6.07, 6.45) is 1.59. The van der Waals surface area contributed by atoms with Crippen LogP contribution in [-0.2, 0) is 14.3 Å². The Morgan fingerprint density at radius 3 is 2.46 bits per heavy atom. The lowest BCUT2D eigenvalue weighted by Gasteiger charge is -2.29. The summed E-state index contributed by atoms with van der Waals surface area (Å²) in [6, 6.07) is 13.6. The third-order valence-corrected chi connectivity index (χ3v) is 6.60. The summed E-state index contributed by atoms with van der Waals surface area (Å²) in [5.74, 6) is -0.137. The molecular formula is C29H36N2O6. The lowest BCUT2D eigenvalue weighted by atomic mass is 9.95. The smallest absolute Gasteiger partial charge is 0.295 e. The van der Waals surface area contributed by atoms with Crippen LogP contribution in [-0.4, -0.2) is 79.2 Å². The van der Waals surface area contributed by atoms with Crippen molar-refractivity contribution in [3.05, 3.63) is 65.2 Å². The lowest BCUT2D eigenvalue weighted by Crippen LogP contribution is -2.38. The maximum atomic E-state index is 13.3. The highest BCUT2D eigenvalue weighted by Crippen LogP contribution is 2.40. The van der Waals surface area contributed by atoms with Gasteiger partial charge in [-0.25, -0.2) is 0 Å². The number of amides is 1. The highest BCUT2D eigenvalue weighted by molar-refractivity contribution is 6.46. The molecule has 2 aliphatic rings. The van der Waals surface area contributed by atoms with E-state index in [4.69, 9.17) is 14.2 Å². The van der Waals surface area contributed by atoms with Crippen LogP contribution in [0.1, 0.15) is 43.9 Å². The SMILES string of the molecule is CCCOc1ccc(C(O)=C2C(=O)C(=O)N(CCCN3CCOCC3)C2c2cccc(OCC)c2)cc1. The third kappa shape index (κ3) is 6.32. The van der Waals surface area contributed by atoms with E-state index in [2.05, 4.69) is 4.90 Å². The number of nitrogens with zero attached hydrogens (tertiary/aromatic N) is 2. The van der Waals surface area contributed by atoms with Gasteiger partial charge in [0, 0.05) is 31.7 Å². The normalized spacial score (nSPS) is 19.8. The van der Waals surface area contributed by atoms with Crippen LogP contribution < -0.4 is 9.47 Å². The first-order chi connectivity index (χ1) is 18.0. The van der Waals surface area contributed by atoms with Gasteiger partial charge in [0.15, 0.2) is 0 Å². The molecule has 1 unspecified atom stereocenters. The van der Waals surface area contributed by atoms with Gasteiger partial charge in [-0.2, -0.15) is 0 Å². The Labute approximate surface area is 218 Å². The van der Waals surface area contributed by atoms with Crippen LogP contribution in [0.5, 0.6) is 11.5 Å². The fraction of sp³-hybridized carbons (Fsp3) is 0.448. The summed E-state index contributed by atoms with van der Waals surface area (Å²) in [6.45, 7) is 9.34.